The van der Waals surface area contributed by atoms with Crippen molar-refractivity contribution in [3.05, 3.63) is 0 Å². The fourth-order valence-electron chi connectivity index (χ4n) is 3.27. The molecule has 3 nitrogen and oxygen atoms in total. The van der Waals surface area contributed by atoms with Crippen LogP contribution >= 0.6 is 0 Å². The van der Waals surface area contributed by atoms with Crippen LogP contribution in [-0.4, -0.2) is 52.8 Å². The summed E-state index contributed by atoms with van der Waals surface area (Å²) < 4.78 is 0. The Kier molecular flexibility index (Phi) is 11.0. The van der Waals surface area contributed by atoms with Crippen molar-refractivity contribution in [3.8, 4) is 0 Å². The average Bonchev–Trinajstić information content (AvgIpc) is 2.37. The van der Waals surface area contributed by atoms with Gasteiger partial charge in [0.1, 0.15) is 5.78 Å². The summed E-state index contributed by atoms with van der Waals surface area (Å²) in [4.78, 5) is 17.0. The van der Waals surface area contributed by atoms with Crippen molar-refractivity contribution in [2.45, 2.75) is 105 Å². The summed E-state index contributed by atoms with van der Waals surface area (Å²) in [7, 11) is 0. The Morgan fingerprint density at radius 3 is 1.14 bits per heavy atom. The molecule has 0 saturated carbocycles. The van der Waals surface area contributed by atoms with Crippen molar-refractivity contribution < 1.29 is 4.79 Å². The van der Waals surface area contributed by atoms with Crippen molar-refractivity contribution in [3.63, 3.8) is 0 Å². The maximum Gasteiger partial charge on any atom is 0.133 e. The van der Waals surface area contributed by atoms with Gasteiger partial charge in [0.25, 0.3) is 0 Å². The van der Waals surface area contributed by atoms with Gasteiger partial charge in [-0.3, -0.25) is 14.6 Å². The maximum absolute atomic E-state index is 12.0. The van der Waals surface area contributed by atoms with Gasteiger partial charge in [0.15, 0.2) is 0 Å². The molecule has 3 heteroatoms. The fraction of sp³-hybridized carbons (Fsp3) is 0.947. The van der Waals surface area contributed by atoms with E-state index in [0.717, 1.165) is 38.8 Å². The number of hydrogen-bond donors (Lipinski definition) is 0. The molecule has 0 saturated heterocycles. The van der Waals surface area contributed by atoms with Crippen molar-refractivity contribution in [1.82, 2.24) is 9.80 Å². The monoisotopic (exact) mass is 312 g/mol. The SMILES string of the molecule is CC(C)N(CCCC(=O)CCCN(C(C)C)C(C)C)C(C)C. The van der Waals surface area contributed by atoms with Crippen LogP contribution in [0, 0.1) is 0 Å². The van der Waals surface area contributed by atoms with Crippen LogP contribution in [0.3, 0.4) is 0 Å². The molecule has 0 N–H and O–H groups in total. The van der Waals surface area contributed by atoms with Gasteiger partial charge in [0.2, 0.25) is 0 Å². The van der Waals surface area contributed by atoms with Crippen molar-refractivity contribution in [2.75, 3.05) is 13.1 Å². The van der Waals surface area contributed by atoms with Gasteiger partial charge < -0.3 is 0 Å². The largest absolute Gasteiger partial charge is 0.300 e. The van der Waals surface area contributed by atoms with Gasteiger partial charge in [-0.15, -0.1) is 0 Å². The molecule has 0 aromatic heterocycles. The van der Waals surface area contributed by atoms with Crippen LogP contribution in [0.4, 0.5) is 0 Å². The molecule has 0 spiro atoms. The molecule has 0 aliphatic heterocycles. The van der Waals surface area contributed by atoms with Gasteiger partial charge >= 0.3 is 0 Å². The van der Waals surface area contributed by atoms with E-state index in [0.29, 0.717) is 30.0 Å². The summed E-state index contributed by atoms with van der Waals surface area (Å²) in [6.07, 6.45) is 3.46. The minimum Gasteiger partial charge on any atom is -0.300 e. The Bertz CT molecular complexity index is 254. The first-order valence-corrected chi connectivity index (χ1v) is 9.20. The van der Waals surface area contributed by atoms with Crippen LogP contribution in [0.1, 0.15) is 81.1 Å². The predicted octanol–water partition coefficient (Wildman–Crippen LogP) is 4.35. The smallest absolute Gasteiger partial charge is 0.133 e. The van der Waals surface area contributed by atoms with E-state index < -0.39 is 0 Å². The summed E-state index contributed by atoms with van der Waals surface area (Å²) in [5.41, 5.74) is 0. The summed E-state index contributed by atoms with van der Waals surface area (Å²) >= 11 is 0. The molecule has 0 radical (unpaired) electrons. The second-order valence-corrected chi connectivity index (χ2v) is 7.60. The van der Waals surface area contributed by atoms with Crippen LogP contribution in [0.5, 0.6) is 0 Å². The third kappa shape index (κ3) is 8.89. The van der Waals surface area contributed by atoms with Crippen LogP contribution in [-0.2, 0) is 4.79 Å². The zero-order valence-electron chi connectivity index (χ0n) is 16.4. The van der Waals surface area contributed by atoms with Gasteiger partial charge in [-0.2, -0.15) is 0 Å². The third-order valence-electron chi connectivity index (χ3n) is 4.40. The van der Waals surface area contributed by atoms with E-state index in [-0.39, 0.29) is 0 Å². The molecular formula is C19H40N2O. The minimum atomic E-state index is 0.430. The summed E-state index contributed by atoms with van der Waals surface area (Å²) in [6, 6.07) is 2.22. The third-order valence-corrected chi connectivity index (χ3v) is 4.40. The van der Waals surface area contributed by atoms with E-state index in [4.69, 9.17) is 0 Å². The number of nitrogens with zero attached hydrogens (tertiary/aromatic N) is 2. The number of ketones is 1. The molecule has 0 aliphatic carbocycles. The molecule has 0 unspecified atom stereocenters. The molecule has 0 bridgehead atoms. The molecule has 0 amide bonds. The molecular weight excluding hydrogens is 272 g/mol. The molecule has 0 aromatic carbocycles. The molecule has 0 heterocycles. The van der Waals surface area contributed by atoms with Gasteiger partial charge in [0.05, 0.1) is 0 Å². The highest BCUT2D eigenvalue weighted by Crippen LogP contribution is 2.10. The molecule has 22 heavy (non-hydrogen) atoms. The van der Waals surface area contributed by atoms with Crippen molar-refractivity contribution >= 4 is 5.78 Å². The average molecular weight is 313 g/mol. The van der Waals surface area contributed by atoms with Crippen molar-refractivity contribution in [2.24, 2.45) is 0 Å². The van der Waals surface area contributed by atoms with Crippen LogP contribution in [0.25, 0.3) is 0 Å². The van der Waals surface area contributed by atoms with E-state index >= 15 is 0 Å². The molecule has 0 rings (SSSR count). The summed E-state index contributed by atoms with van der Waals surface area (Å²) in [5.74, 6) is 0.430. The van der Waals surface area contributed by atoms with E-state index in [1.807, 2.05) is 0 Å². The zero-order chi connectivity index (χ0) is 17.3. The predicted molar refractivity (Wildman–Crippen MR) is 97.4 cm³/mol. The quantitative estimate of drug-likeness (QED) is 0.535. The Morgan fingerprint density at radius 2 is 0.909 bits per heavy atom. The standard InChI is InChI=1S/C19H40N2O/c1-15(2)20(16(3)4)13-9-11-19(22)12-10-14-21(17(5)6)18(7)8/h15-18H,9-14H2,1-8H3. The summed E-state index contributed by atoms with van der Waals surface area (Å²) in [5, 5.41) is 0. The second kappa shape index (κ2) is 11.2. The lowest BCUT2D eigenvalue weighted by atomic mass is 10.1. The maximum atomic E-state index is 12.0. The van der Waals surface area contributed by atoms with Crippen LogP contribution in [0.2, 0.25) is 0 Å². The van der Waals surface area contributed by atoms with E-state index in [2.05, 4.69) is 65.2 Å². The van der Waals surface area contributed by atoms with E-state index in [9.17, 15) is 4.79 Å². The first-order chi connectivity index (χ1) is 10.2. The minimum absolute atomic E-state index is 0.430. The van der Waals surface area contributed by atoms with Crippen LogP contribution < -0.4 is 0 Å². The number of rotatable bonds is 12. The fourth-order valence-corrected chi connectivity index (χ4v) is 3.27. The Balaban J connectivity index is 3.96. The first-order valence-electron chi connectivity index (χ1n) is 9.20. The Morgan fingerprint density at radius 1 is 0.636 bits per heavy atom. The number of carbonyl (C=O) groups is 1. The van der Waals surface area contributed by atoms with Gasteiger partial charge in [-0.05, 0) is 81.3 Å². The number of hydrogen-bond acceptors (Lipinski definition) is 3. The number of Topliss-reactive ketones (excluding diaryl/α,β-unsaturated/α-hetero) is 1. The van der Waals surface area contributed by atoms with Gasteiger partial charge in [-0.1, -0.05) is 0 Å². The molecule has 0 fully saturated rings. The van der Waals surface area contributed by atoms with E-state index in [1.54, 1.807) is 0 Å². The highest BCUT2D eigenvalue weighted by Gasteiger charge is 2.15. The zero-order valence-corrected chi connectivity index (χ0v) is 16.4. The molecule has 132 valence electrons. The second-order valence-electron chi connectivity index (χ2n) is 7.60. The topological polar surface area (TPSA) is 23.6 Å². The lowest BCUT2D eigenvalue weighted by Crippen LogP contribution is -2.38. The first kappa shape index (κ1) is 21.6. The van der Waals surface area contributed by atoms with Crippen LogP contribution in [0.15, 0.2) is 0 Å². The Labute approximate surface area is 139 Å². The van der Waals surface area contributed by atoms with E-state index in [1.165, 1.54) is 0 Å². The highest BCUT2D eigenvalue weighted by atomic mass is 16.1. The lowest BCUT2D eigenvalue weighted by molar-refractivity contribution is -0.119. The van der Waals surface area contributed by atoms with Crippen molar-refractivity contribution in [1.29, 1.82) is 0 Å². The van der Waals surface area contributed by atoms with Gasteiger partial charge in [-0.25, -0.2) is 0 Å². The normalized spacial score (nSPS) is 12.6. The molecule has 0 aliphatic rings. The Hall–Kier alpha value is -0.410. The number of carbonyl (C=O) groups excluding carboxylic acids is 1. The highest BCUT2D eigenvalue weighted by molar-refractivity contribution is 5.78. The molecule has 0 atom stereocenters. The summed E-state index contributed by atoms with van der Waals surface area (Å²) in [6.45, 7) is 19.9. The molecule has 0 aromatic rings. The lowest BCUT2D eigenvalue weighted by Gasteiger charge is -2.30. The van der Waals surface area contributed by atoms with Gasteiger partial charge in [0, 0.05) is 37.0 Å².